The number of carboxylic acid groups (broad SMARTS) is 1. The van der Waals surface area contributed by atoms with Gasteiger partial charge in [-0.2, -0.15) is 0 Å². The number of hydrogen-bond acceptors (Lipinski definition) is 3. The zero-order valence-corrected chi connectivity index (χ0v) is 5.99. The van der Waals surface area contributed by atoms with Crippen LogP contribution >= 0.6 is 0 Å². The van der Waals surface area contributed by atoms with Crippen molar-refractivity contribution in [3.63, 3.8) is 0 Å². The molecule has 0 rings (SSSR count). The van der Waals surface area contributed by atoms with Crippen molar-refractivity contribution >= 4 is 11.8 Å². The molecule has 0 radical (unpaired) electrons. The molecule has 0 bridgehead atoms. The maximum Gasteiger partial charge on any atom is 0.310 e. The van der Waals surface area contributed by atoms with Crippen LogP contribution in [0.3, 0.4) is 0 Å². The molecule has 1 unspecified atom stereocenters. The van der Waals surface area contributed by atoms with E-state index in [4.69, 9.17) is 10.2 Å². The Hall–Kier alpha value is -1.16. The zero-order chi connectivity index (χ0) is 8.85. The number of rotatable bonds is 5. The minimum atomic E-state index is -1.17. The molecule has 0 aromatic heterocycles. The average Bonchev–Trinajstić information content (AvgIpc) is 1.85. The van der Waals surface area contributed by atoms with E-state index in [-0.39, 0.29) is 6.42 Å². The molecule has 1 atom stereocenters. The molecule has 4 nitrogen and oxygen atoms in total. The van der Waals surface area contributed by atoms with Crippen LogP contribution in [0.2, 0.25) is 0 Å². The van der Waals surface area contributed by atoms with Crippen molar-refractivity contribution in [2.24, 2.45) is 0 Å². The summed E-state index contributed by atoms with van der Waals surface area (Å²) in [4.78, 5) is 20.6. The summed E-state index contributed by atoms with van der Waals surface area (Å²) in [6.45, 7) is 3.24. The lowest BCUT2D eigenvalue weighted by atomic mass is 10.1. The Bertz CT molecular complexity index is 173. The summed E-state index contributed by atoms with van der Waals surface area (Å²) in [6.07, 6.45) is -0.442. The van der Waals surface area contributed by atoms with E-state index in [1.54, 1.807) is 0 Å². The molecule has 0 saturated heterocycles. The third-order valence-electron chi connectivity index (χ3n) is 1.06. The van der Waals surface area contributed by atoms with Crippen LogP contribution in [-0.4, -0.2) is 28.1 Å². The summed E-state index contributed by atoms with van der Waals surface area (Å²) < 4.78 is 0. The van der Waals surface area contributed by atoms with Crippen LogP contribution in [0.15, 0.2) is 12.7 Å². The lowest BCUT2D eigenvalue weighted by Gasteiger charge is -2.00. The van der Waals surface area contributed by atoms with Gasteiger partial charge >= 0.3 is 5.97 Å². The van der Waals surface area contributed by atoms with Crippen molar-refractivity contribution in [2.45, 2.75) is 18.9 Å². The molecular formula is C7H10O4. The Balaban J connectivity index is 3.69. The van der Waals surface area contributed by atoms with Gasteiger partial charge in [-0.15, -0.1) is 6.58 Å². The Morgan fingerprint density at radius 1 is 1.55 bits per heavy atom. The molecule has 0 aliphatic heterocycles. The van der Waals surface area contributed by atoms with Crippen LogP contribution < -0.4 is 0 Å². The van der Waals surface area contributed by atoms with Gasteiger partial charge in [0.15, 0.2) is 0 Å². The first-order chi connectivity index (χ1) is 5.06. The molecule has 0 heterocycles. The highest BCUT2D eigenvalue weighted by Gasteiger charge is 2.10. The molecule has 62 valence electrons. The number of ketones is 1. The molecule has 0 aromatic rings. The van der Waals surface area contributed by atoms with Gasteiger partial charge in [0.1, 0.15) is 12.2 Å². The minimum absolute atomic E-state index is 0.171. The number of Topliss-reactive ketones (excluding diaryl/α,β-unsaturated/α-hetero) is 1. The molecule has 0 aliphatic carbocycles. The van der Waals surface area contributed by atoms with Crippen LogP contribution in [0.5, 0.6) is 0 Å². The molecule has 11 heavy (non-hydrogen) atoms. The highest BCUT2D eigenvalue weighted by molar-refractivity contribution is 5.94. The lowest BCUT2D eigenvalue weighted by molar-refractivity contribution is -0.140. The summed E-state index contributed by atoms with van der Waals surface area (Å²) in [5.41, 5.74) is 0. The van der Waals surface area contributed by atoms with Crippen molar-refractivity contribution in [2.75, 3.05) is 0 Å². The van der Waals surface area contributed by atoms with E-state index >= 15 is 0 Å². The molecule has 0 aromatic carbocycles. The molecule has 0 fully saturated rings. The molecule has 2 N–H and O–H groups in total. The largest absolute Gasteiger partial charge is 0.481 e. The summed E-state index contributed by atoms with van der Waals surface area (Å²) in [5.74, 6) is -1.67. The van der Waals surface area contributed by atoms with Crippen molar-refractivity contribution < 1.29 is 19.8 Å². The van der Waals surface area contributed by atoms with Crippen molar-refractivity contribution in [1.29, 1.82) is 0 Å². The van der Waals surface area contributed by atoms with Crippen molar-refractivity contribution in [1.82, 2.24) is 0 Å². The Labute approximate surface area is 64.2 Å². The third kappa shape index (κ3) is 5.29. The van der Waals surface area contributed by atoms with E-state index in [9.17, 15) is 9.59 Å². The van der Waals surface area contributed by atoms with E-state index in [1.807, 2.05) is 0 Å². The standard InChI is InChI=1S/C7H10O4/c1-2-5(8)3-6(9)4-7(10)11/h2,5,8H,1,3-4H2,(H,10,11). The second-order valence-electron chi connectivity index (χ2n) is 2.12. The number of aliphatic hydroxyl groups is 1. The molecule has 0 amide bonds. The van der Waals surface area contributed by atoms with Gasteiger partial charge in [-0.25, -0.2) is 0 Å². The maximum atomic E-state index is 10.6. The first-order valence-electron chi connectivity index (χ1n) is 3.10. The average molecular weight is 158 g/mol. The van der Waals surface area contributed by atoms with Crippen LogP contribution in [0.25, 0.3) is 0 Å². The lowest BCUT2D eigenvalue weighted by Crippen LogP contribution is -2.13. The molecule has 0 saturated carbocycles. The Kier molecular flexibility index (Phi) is 4.14. The molecular weight excluding hydrogens is 148 g/mol. The van der Waals surface area contributed by atoms with Gasteiger partial charge < -0.3 is 10.2 Å². The summed E-state index contributed by atoms with van der Waals surface area (Å²) in [7, 11) is 0. The number of carboxylic acids is 1. The maximum absolute atomic E-state index is 10.6. The number of aliphatic hydroxyl groups excluding tert-OH is 1. The van der Waals surface area contributed by atoms with E-state index in [0.717, 1.165) is 0 Å². The van der Waals surface area contributed by atoms with Gasteiger partial charge in [-0.1, -0.05) is 6.08 Å². The molecule has 0 spiro atoms. The smallest absolute Gasteiger partial charge is 0.310 e. The summed E-state index contributed by atoms with van der Waals surface area (Å²) in [6, 6.07) is 0. The van der Waals surface area contributed by atoms with E-state index in [2.05, 4.69) is 6.58 Å². The van der Waals surface area contributed by atoms with Crippen molar-refractivity contribution in [3.05, 3.63) is 12.7 Å². The predicted octanol–water partition coefficient (Wildman–Crippen LogP) is -0.0328. The highest BCUT2D eigenvalue weighted by Crippen LogP contribution is 1.96. The van der Waals surface area contributed by atoms with Gasteiger partial charge in [-0.3, -0.25) is 9.59 Å². The summed E-state index contributed by atoms with van der Waals surface area (Å²) in [5, 5.41) is 17.0. The fourth-order valence-electron chi connectivity index (χ4n) is 0.557. The number of carbonyl (C=O) groups is 2. The number of aliphatic carboxylic acids is 1. The Morgan fingerprint density at radius 3 is 2.45 bits per heavy atom. The molecule has 0 aliphatic rings. The van der Waals surface area contributed by atoms with E-state index in [0.29, 0.717) is 0 Å². The van der Waals surface area contributed by atoms with Crippen LogP contribution in [0, 0.1) is 0 Å². The van der Waals surface area contributed by atoms with Gasteiger partial charge in [0.05, 0.1) is 6.10 Å². The van der Waals surface area contributed by atoms with Crippen LogP contribution in [0.4, 0.5) is 0 Å². The second kappa shape index (κ2) is 4.62. The predicted molar refractivity (Wildman–Crippen MR) is 38.1 cm³/mol. The topological polar surface area (TPSA) is 74.6 Å². The van der Waals surface area contributed by atoms with Crippen LogP contribution in [-0.2, 0) is 9.59 Å². The zero-order valence-electron chi connectivity index (χ0n) is 5.99. The fourth-order valence-corrected chi connectivity index (χ4v) is 0.557. The van der Waals surface area contributed by atoms with E-state index < -0.39 is 24.3 Å². The van der Waals surface area contributed by atoms with Gasteiger partial charge in [0.2, 0.25) is 0 Å². The molecule has 4 heteroatoms. The fraction of sp³-hybridized carbons (Fsp3) is 0.429. The highest BCUT2D eigenvalue weighted by atomic mass is 16.4. The third-order valence-corrected chi connectivity index (χ3v) is 1.06. The van der Waals surface area contributed by atoms with Gasteiger partial charge in [-0.05, 0) is 0 Å². The normalized spacial score (nSPS) is 12.1. The van der Waals surface area contributed by atoms with Gasteiger partial charge in [0, 0.05) is 6.42 Å². The first-order valence-corrected chi connectivity index (χ1v) is 3.10. The summed E-state index contributed by atoms with van der Waals surface area (Å²) >= 11 is 0. The van der Waals surface area contributed by atoms with Gasteiger partial charge in [0.25, 0.3) is 0 Å². The SMILES string of the molecule is C=CC(O)CC(=O)CC(=O)O. The van der Waals surface area contributed by atoms with Crippen molar-refractivity contribution in [3.8, 4) is 0 Å². The minimum Gasteiger partial charge on any atom is -0.481 e. The number of hydrogen-bond donors (Lipinski definition) is 2. The Morgan fingerprint density at radius 2 is 2.09 bits per heavy atom. The second-order valence-corrected chi connectivity index (χ2v) is 2.12. The first kappa shape index (κ1) is 9.84. The van der Waals surface area contributed by atoms with E-state index in [1.165, 1.54) is 6.08 Å². The van der Waals surface area contributed by atoms with Crippen LogP contribution in [0.1, 0.15) is 12.8 Å². The number of carbonyl (C=O) groups excluding carboxylic acids is 1. The monoisotopic (exact) mass is 158 g/mol. The quantitative estimate of drug-likeness (QED) is 0.435.